The summed E-state index contributed by atoms with van der Waals surface area (Å²) < 4.78 is 46.8. The van der Waals surface area contributed by atoms with E-state index in [1.165, 1.54) is 18.2 Å². The molecule has 2 aliphatic heterocycles. The summed E-state index contributed by atoms with van der Waals surface area (Å²) in [5.74, 6) is -0.485. The zero-order chi connectivity index (χ0) is 16.4. The molecular weight excluding hydrogens is 311 g/mol. The Morgan fingerprint density at radius 1 is 1.22 bits per heavy atom. The van der Waals surface area contributed by atoms with Crippen molar-refractivity contribution in [3.05, 3.63) is 29.8 Å². The van der Waals surface area contributed by atoms with Crippen LogP contribution in [0, 0.1) is 5.92 Å². The van der Waals surface area contributed by atoms with Crippen LogP contribution in [0.3, 0.4) is 0 Å². The molecule has 2 saturated heterocycles. The second-order valence-electron chi connectivity index (χ2n) is 6.06. The van der Waals surface area contributed by atoms with E-state index in [1.54, 1.807) is 6.07 Å². The lowest BCUT2D eigenvalue weighted by atomic mass is 9.82. The Morgan fingerprint density at radius 3 is 2.52 bits per heavy atom. The van der Waals surface area contributed by atoms with Gasteiger partial charge in [-0.2, -0.15) is 0 Å². The molecule has 2 heterocycles. The average molecular weight is 329 g/mol. The third kappa shape index (κ3) is 4.23. The van der Waals surface area contributed by atoms with Gasteiger partial charge in [0.2, 0.25) is 0 Å². The lowest BCUT2D eigenvalue weighted by Gasteiger charge is -2.39. The number of fused-ring (bicyclic) bond motifs is 2. The lowest BCUT2D eigenvalue weighted by Crippen LogP contribution is -2.55. The average Bonchev–Trinajstić information content (AvgIpc) is 2.47. The topological polar surface area (TPSA) is 47.6 Å². The van der Waals surface area contributed by atoms with Crippen LogP contribution in [0.15, 0.2) is 24.3 Å². The van der Waals surface area contributed by atoms with Gasteiger partial charge in [-0.3, -0.25) is 4.79 Å². The number of carbonyl (C=O) groups is 1. The van der Waals surface area contributed by atoms with Crippen LogP contribution in [0.4, 0.5) is 13.2 Å². The Morgan fingerprint density at radius 2 is 1.87 bits per heavy atom. The predicted octanol–water partition coefficient (Wildman–Crippen LogP) is 2.46. The standard InChI is InChI=1S/C16H18F3NO3/c17-16(18,19)23-15-4-2-1-3-10(15)7-14(21)11-5-12-8-22-9-13(6-11)20-12/h1-4,11-13,20H,5-9H2. The number of ketones is 1. The summed E-state index contributed by atoms with van der Waals surface area (Å²) in [7, 11) is 0. The molecule has 0 spiro atoms. The fourth-order valence-electron chi connectivity index (χ4n) is 3.31. The molecule has 0 saturated carbocycles. The van der Waals surface area contributed by atoms with Crippen LogP contribution in [-0.2, 0) is 16.0 Å². The number of Topliss-reactive ketones (excluding diaryl/α,β-unsaturated/α-hetero) is 1. The zero-order valence-electron chi connectivity index (χ0n) is 12.4. The number of morpholine rings is 1. The molecule has 0 aromatic heterocycles. The predicted molar refractivity (Wildman–Crippen MR) is 76.1 cm³/mol. The molecule has 2 unspecified atom stereocenters. The van der Waals surface area contributed by atoms with Gasteiger partial charge in [0.1, 0.15) is 11.5 Å². The molecule has 4 nitrogen and oxygen atoms in total. The summed E-state index contributed by atoms with van der Waals surface area (Å²) in [5, 5.41) is 3.39. The minimum absolute atomic E-state index is 0.0402. The fourth-order valence-corrected chi connectivity index (χ4v) is 3.31. The minimum atomic E-state index is -4.76. The van der Waals surface area contributed by atoms with Crippen molar-refractivity contribution >= 4 is 5.78 Å². The summed E-state index contributed by atoms with van der Waals surface area (Å²) in [6.45, 7) is 1.15. The van der Waals surface area contributed by atoms with Gasteiger partial charge < -0.3 is 14.8 Å². The van der Waals surface area contributed by atoms with E-state index in [0.29, 0.717) is 26.1 Å². The van der Waals surface area contributed by atoms with Crippen LogP contribution in [0.2, 0.25) is 0 Å². The zero-order valence-corrected chi connectivity index (χ0v) is 12.4. The molecule has 0 aliphatic carbocycles. The largest absolute Gasteiger partial charge is 0.573 e. The molecule has 2 bridgehead atoms. The molecule has 2 aliphatic rings. The van der Waals surface area contributed by atoms with Gasteiger partial charge in [0, 0.05) is 30.0 Å². The minimum Gasteiger partial charge on any atom is -0.405 e. The highest BCUT2D eigenvalue weighted by Crippen LogP contribution is 2.30. The first kappa shape index (κ1) is 16.3. The maximum atomic E-state index is 12.5. The van der Waals surface area contributed by atoms with E-state index in [-0.39, 0.29) is 41.5 Å². The number of benzene rings is 1. The van der Waals surface area contributed by atoms with E-state index < -0.39 is 6.36 Å². The first-order valence-corrected chi connectivity index (χ1v) is 7.61. The van der Waals surface area contributed by atoms with E-state index in [2.05, 4.69) is 10.1 Å². The van der Waals surface area contributed by atoms with Gasteiger partial charge in [-0.1, -0.05) is 18.2 Å². The number of hydrogen-bond acceptors (Lipinski definition) is 4. The highest BCUT2D eigenvalue weighted by molar-refractivity contribution is 5.84. The molecule has 0 amide bonds. The summed E-state index contributed by atoms with van der Waals surface area (Å²) >= 11 is 0. The molecule has 1 aromatic rings. The summed E-state index contributed by atoms with van der Waals surface area (Å²) in [5.41, 5.74) is 0.273. The van der Waals surface area contributed by atoms with Crippen molar-refractivity contribution in [1.82, 2.24) is 5.32 Å². The van der Waals surface area contributed by atoms with E-state index >= 15 is 0 Å². The molecule has 2 atom stereocenters. The second kappa shape index (κ2) is 6.49. The molecule has 7 heteroatoms. The number of halogens is 3. The molecule has 23 heavy (non-hydrogen) atoms. The number of ether oxygens (including phenoxy) is 2. The smallest absolute Gasteiger partial charge is 0.405 e. The van der Waals surface area contributed by atoms with Crippen molar-refractivity contribution in [2.45, 2.75) is 37.7 Å². The third-order valence-electron chi connectivity index (χ3n) is 4.27. The summed E-state index contributed by atoms with van der Waals surface area (Å²) in [6.07, 6.45) is -3.48. The highest BCUT2D eigenvalue weighted by atomic mass is 19.4. The third-order valence-corrected chi connectivity index (χ3v) is 4.27. The van der Waals surface area contributed by atoms with E-state index in [1.807, 2.05) is 0 Å². The van der Waals surface area contributed by atoms with Crippen molar-refractivity contribution in [3.8, 4) is 5.75 Å². The quantitative estimate of drug-likeness (QED) is 0.922. The second-order valence-corrected chi connectivity index (χ2v) is 6.06. The summed E-state index contributed by atoms with van der Waals surface area (Å²) in [6, 6.07) is 6.11. The van der Waals surface area contributed by atoms with Gasteiger partial charge in [-0.05, 0) is 18.9 Å². The van der Waals surface area contributed by atoms with Crippen molar-refractivity contribution < 1.29 is 27.4 Å². The lowest BCUT2D eigenvalue weighted by molar-refractivity contribution is -0.274. The Hall–Kier alpha value is -1.60. The van der Waals surface area contributed by atoms with Crippen molar-refractivity contribution in [2.75, 3.05) is 13.2 Å². The number of nitrogens with one attached hydrogen (secondary N) is 1. The van der Waals surface area contributed by atoms with E-state index in [0.717, 1.165) is 0 Å². The number of hydrogen-bond donors (Lipinski definition) is 1. The van der Waals surface area contributed by atoms with Crippen molar-refractivity contribution in [3.63, 3.8) is 0 Å². The van der Waals surface area contributed by atoms with Gasteiger partial charge in [0.25, 0.3) is 0 Å². The molecule has 1 aromatic carbocycles. The van der Waals surface area contributed by atoms with Crippen molar-refractivity contribution in [1.29, 1.82) is 0 Å². The number of para-hydroxylation sites is 1. The number of rotatable bonds is 4. The Kier molecular flexibility index (Phi) is 4.59. The SMILES string of the molecule is O=C(Cc1ccccc1OC(F)(F)F)C1CC2COCC(C1)N2. The molecule has 0 radical (unpaired) electrons. The number of alkyl halides is 3. The van der Waals surface area contributed by atoms with Crippen LogP contribution in [0.5, 0.6) is 5.75 Å². The molecule has 2 fully saturated rings. The molecular formula is C16H18F3NO3. The van der Waals surface area contributed by atoms with Gasteiger partial charge in [-0.15, -0.1) is 13.2 Å². The van der Waals surface area contributed by atoms with Gasteiger partial charge in [0.05, 0.1) is 13.2 Å². The number of piperidine rings is 1. The normalized spacial score (nSPS) is 27.5. The number of carbonyl (C=O) groups excluding carboxylic acids is 1. The first-order chi connectivity index (χ1) is 10.9. The highest BCUT2D eigenvalue weighted by Gasteiger charge is 2.36. The van der Waals surface area contributed by atoms with Crippen LogP contribution >= 0.6 is 0 Å². The maximum Gasteiger partial charge on any atom is 0.573 e. The maximum absolute atomic E-state index is 12.5. The van der Waals surface area contributed by atoms with E-state index in [9.17, 15) is 18.0 Å². The molecule has 3 rings (SSSR count). The summed E-state index contributed by atoms with van der Waals surface area (Å²) in [4.78, 5) is 12.5. The van der Waals surface area contributed by atoms with Crippen LogP contribution in [0.1, 0.15) is 18.4 Å². The van der Waals surface area contributed by atoms with Gasteiger partial charge >= 0.3 is 6.36 Å². The Balaban J connectivity index is 1.68. The Bertz CT molecular complexity index is 564. The molecule has 1 N–H and O–H groups in total. The van der Waals surface area contributed by atoms with Gasteiger partial charge in [-0.25, -0.2) is 0 Å². The van der Waals surface area contributed by atoms with Crippen LogP contribution in [0.25, 0.3) is 0 Å². The monoisotopic (exact) mass is 329 g/mol. The Labute approximate surface area is 132 Å². The van der Waals surface area contributed by atoms with Crippen LogP contribution in [-0.4, -0.2) is 37.4 Å². The fraction of sp³-hybridized carbons (Fsp3) is 0.562. The van der Waals surface area contributed by atoms with Gasteiger partial charge in [0.15, 0.2) is 0 Å². The van der Waals surface area contributed by atoms with Crippen LogP contribution < -0.4 is 10.1 Å². The molecule has 126 valence electrons. The van der Waals surface area contributed by atoms with Crippen molar-refractivity contribution in [2.24, 2.45) is 5.92 Å². The first-order valence-electron chi connectivity index (χ1n) is 7.61. The van der Waals surface area contributed by atoms with E-state index in [4.69, 9.17) is 4.74 Å².